The molecular weight excluding hydrogens is 316 g/mol. The van der Waals surface area contributed by atoms with Crippen LogP contribution in [0.25, 0.3) is 0 Å². The number of carbonyl (C=O) groups excluding carboxylic acids is 1. The highest BCUT2D eigenvalue weighted by molar-refractivity contribution is 9.10. The van der Waals surface area contributed by atoms with Gasteiger partial charge in [-0.05, 0) is 53.9 Å². The van der Waals surface area contributed by atoms with E-state index in [1.165, 1.54) is 12.8 Å². The van der Waals surface area contributed by atoms with Crippen molar-refractivity contribution in [2.24, 2.45) is 0 Å². The van der Waals surface area contributed by atoms with E-state index < -0.39 is 0 Å². The quantitative estimate of drug-likeness (QED) is 0.787. The van der Waals surface area contributed by atoms with Crippen LogP contribution in [0.3, 0.4) is 0 Å². The van der Waals surface area contributed by atoms with Crippen molar-refractivity contribution in [2.45, 2.75) is 25.3 Å². The van der Waals surface area contributed by atoms with Crippen LogP contribution in [0.5, 0.6) is 0 Å². The monoisotopic (exact) mass is 330 g/mol. The Bertz CT molecular complexity index is 435. The van der Waals surface area contributed by atoms with Gasteiger partial charge in [-0.3, -0.25) is 4.79 Å². The zero-order valence-corrected chi connectivity index (χ0v) is 12.4. The molecule has 1 aromatic carbocycles. The summed E-state index contributed by atoms with van der Waals surface area (Å²) >= 11 is 9.37. The Balaban J connectivity index is 1.74. The van der Waals surface area contributed by atoms with Gasteiger partial charge in [0.2, 0.25) is 0 Å². The van der Waals surface area contributed by atoms with E-state index in [0.717, 1.165) is 23.5 Å². The van der Waals surface area contributed by atoms with E-state index in [9.17, 15) is 4.79 Å². The van der Waals surface area contributed by atoms with Gasteiger partial charge < -0.3 is 10.6 Å². The van der Waals surface area contributed by atoms with Crippen molar-refractivity contribution in [3.8, 4) is 0 Å². The Labute approximate surface area is 120 Å². The predicted octanol–water partition coefficient (Wildman–Crippen LogP) is 2.97. The molecule has 1 aliphatic carbocycles. The second-order valence-corrected chi connectivity index (χ2v) is 5.67. The van der Waals surface area contributed by atoms with Crippen LogP contribution in [0, 0.1) is 0 Å². The molecular formula is C13H16BrClN2O. The minimum atomic E-state index is -0.118. The normalized spacial score (nSPS) is 14.6. The predicted molar refractivity (Wildman–Crippen MR) is 77.1 cm³/mol. The van der Waals surface area contributed by atoms with Crippen molar-refractivity contribution >= 4 is 33.4 Å². The van der Waals surface area contributed by atoms with Gasteiger partial charge in [-0.15, -0.1) is 0 Å². The lowest BCUT2D eigenvalue weighted by molar-refractivity contribution is 0.0953. The van der Waals surface area contributed by atoms with Gasteiger partial charge in [0.15, 0.2) is 0 Å². The molecule has 0 spiro atoms. The number of benzene rings is 1. The number of carbonyl (C=O) groups is 1. The van der Waals surface area contributed by atoms with Gasteiger partial charge in [0.25, 0.3) is 5.91 Å². The fourth-order valence-electron chi connectivity index (χ4n) is 1.66. The number of rotatable bonds is 6. The zero-order valence-electron chi connectivity index (χ0n) is 10.0. The molecule has 0 heterocycles. The molecule has 3 nitrogen and oxygen atoms in total. The number of hydrogen-bond acceptors (Lipinski definition) is 2. The highest BCUT2D eigenvalue weighted by Crippen LogP contribution is 2.25. The number of hydrogen-bond donors (Lipinski definition) is 2. The van der Waals surface area contributed by atoms with Crippen LogP contribution < -0.4 is 10.6 Å². The topological polar surface area (TPSA) is 41.1 Å². The third-order valence-corrected chi connectivity index (χ3v) is 4.14. The van der Waals surface area contributed by atoms with Gasteiger partial charge in [0.05, 0.1) is 10.6 Å². The molecule has 1 fully saturated rings. The van der Waals surface area contributed by atoms with Crippen molar-refractivity contribution in [2.75, 3.05) is 13.1 Å². The summed E-state index contributed by atoms with van der Waals surface area (Å²) in [4.78, 5) is 11.9. The Morgan fingerprint density at radius 3 is 2.89 bits per heavy atom. The Kier molecular flexibility index (Phi) is 5.03. The summed E-state index contributed by atoms with van der Waals surface area (Å²) in [5, 5.41) is 6.75. The van der Waals surface area contributed by atoms with Crippen LogP contribution in [0.4, 0.5) is 0 Å². The summed E-state index contributed by atoms with van der Waals surface area (Å²) in [7, 11) is 0. The smallest absolute Gasteiger partial charge is 0.252 e. The Hall–Kier alpha value is -0.580. The van der Waals surface area contributed by atoms with E-state index >= 15 is 0 Å². The molecule has 98 valence electrons. The van der Waals surface area contributed by atoms with Gasteiger partial charge in [0, 0.05) is 17.1 Å². The van der Waals surface area contributed by atoms with Gasteiger partial charge in [-0.2, -0.15) is 0 Å². The van der Waals surface area contributed by atoms with E-state index in [4.69, 9.17) is 11.6 Å². The SMILES string of the molecule is O=C(NCCCNC1CC1)c1cccc(Br)c1Cl. The second-order valence-electron chi connectivity index (χ2n) is 4.44. The summed E-state index contributed by atoms with van der Waals surface area (Å²) in [5.41, 5.74) is 0.515. The fraction of sp³-hybridized carbons (Fsp3) is 0.462. The molecule has 0 saturated heterocycles. The van der Waals surface area contributed by atoms with Gasteiger partial charge in [-0.1, -0.05) is 17.7 Å². The summed E-state index contributed by atoms with van der Waals surface area (Å²) in [6.07, 6.45) is 3.52. The third kappa shape index (κ3) is 3.97. The maximum absolute atomic E-state index is 11.9. The van der Waals surface area contributed by atoms with E-state index in [1.807, 2.05) is 6.07 Å². The van der Waals surface area contributed by atoms with Crippen molar-refractivity contribution in [1.29, 1.82) is 0 Å². The third-order valence-electron chi connectivity index (χ3n) is 2.85. The molecule has 1 saturated carbocycles. The van der Waals surface area contributed by atoms with Crippen molar-refractivity contribution in [3.05, 3.63) is 33.3 Å². The van der Waals surface area contributed by atoms with Crippen molar-refractivity contribution in [1.82, 2.24) is 10.6 Å². The van der Waals surface area contributed by atoms with Crippen molar-refractivity contribution < 1.29 is 4.79 Å². The van der Waals surface area contributed by atoms with Gasteiger partial charge in [0.1, 0.15) is 0 Å². The minimum Gasteiger partial charge on any atom is -0.352 e. The van der Waals surface area contributed by atoms with Crippen LogP contribution in [0.2, 0.25) is 5.02 Å². The standard InChI is InChI=1S/C13H16BrClN2O/c14-11-4-1-3-10(12(11)15)13(18)17-8-2-7-16-9-5-6-9/h1,3-4,9,16H,2,5-8H2,(H,17,18). The summed E-state index contributed by atoms with van der Waals surface area (Å²) in [6.45, 7) is 1.62. The first-order valence-electron chi connectivity index (χ1n) is 6.14. The highest BCUT2D eigenvalue weighted by atomic mass is 79.9. The first kappa shape index (κ1) is 13.8. The molecule has 0 bridgehead atoms. The maximum Gasteiger partial charge on any atom is 0.252 e. The molecule has 18 heavy (non-hydrogen) atoms. The summed E-state index contributed by atoms with van der Waals surface area (Å²) in [5.74, 6) is -0.118. The first-order valence-corrected chi connectivity index (χ1v) is 7.31. The fourth-order valence-corrected chi connectivity index (χ4v) is 2.24. The molecule has 2 rings (SSSR count). The van der Waals surface area contributed by atoms with Crippen molar-refractivity contribution in [3.63, 3.8) is 0 Å². The average Bonchev–Trinajstić information content (AvgIpc) is 3.16. The average molecular weight is 332 g/mol. The molecule has 0 radical (unpaired) electrons. The van der Waals surface area contributed by atoms with Crippen LogP contribution in [0.1, 0.15) is 29.6 Å². The van der Waals surface area contributed by atoms with Crippen LogP contribution in [0.15, 0.2) is 22.7 Å². The van der Waals surface area contributed by atoms with E-state index in [0.29, 0.717) is 17.1 Å². The molecule has 1 amide bonds. The van der Waals surface area contributed by atoms with Gasteiger partial charge >= 0.3 is 0 Å². The highest BCUT2D eigenvalue weighted by Gasteiger charge is 2.19. The molecule has 1 aliphatic rings. The number of halogens is 2. The Morgan fingerprint density at radius 2 is 2.17 bits per heavy atom. The minimum absolute atomic E-state index is 0.118. The molecule has 5 heteroatoms. The molecule has 1 aromatic rings. The van der Waals surface area contributed by atoms with Gasteiger partial charge in [-0.25, -0.2) is 0 Å². The maximum atomic E-state index is 11.9. The number of amides is 1. The molecule has 0 aromatic heterocycles. The van der Waals surface area contributed by atoms with Crippen LogP contribution in [-0.4, -0.2) is 25.0 Å². The lowest BCUT2D eigenvalue weighted by Gasteiger charge is -2.08. The molecule has 0 aliphatic heterocycles. The zero-order chi connectivity index (χ0) is 13.0. The molecule has 0 unspecified atom stereocenters. The van der Waals surface area contributed by atoms with Crippen LogP contribution in [-0.2, 0) is 0 Å². The lowest BCUT2D eigenvalue weighted by Crippen LogP contribution is -2.28. The summed E-state index contributed by atoms with van der Waals surface area (Å²) < 4.78 is 0.743. The second kappa shape index (κ2) is 6.55. The number of nitrogens with one attached hydrogen (secondary N) is 2. The molecule has 2 N–H and O–H groups in total. The first-order chi connectivity index (χ1) is 8.68. The Morgan fingerprint density at radius 1 is 1.39 bits per heavy atom. The van der Waals surface area contributed by atoms with E-state index in [-0.39, 0.29) is 5.91 Å². The molecule has 0 atom stereocenters. The largest absolute Gasteiger partial charge is 0.352 e. The van der Waals surface area contributed by atoms with E-state index in [2.05, 4.69) is 26.6 Å². The lowest BCUT2D eigenvalue weighted by atomic mass is 10.2. The van der Waals surface area contributed by atoms with E-state index in [1.54, 1.807) is 12.1 Å². The summed E-state index contributed by atoms with van der Waals surface area (Å²) in [6, 6.07) is 6.07. The van der Waals surface area contributed by atoms with Crippen LogP contribution >= 0.6 is 27.5 Å².